The minimum absolute atomic E-state index is 0.114. The van der Waals surface area contributed by atoms with Crippen LogP contribution < -0.4 is 0 Å². The normalized spacial score (nSPS) is 30.5. The summed E-state index contributed by atoms with van der Waals surface area (Å²) in [5.74, 6) is -7.38. The van der Waals surface area contributed by atoms with Gasteiger partial charge in [-0.1, -0.05) is 6.92 Å². The van der Waals surface area contributed by atoms with Gasteiger partial charge in [0.15, 0.2) is 0 Å². The Morgan fingerprint density at radius 1 is 1.15 bits per heavy atom. The Balaban J connectivity index is 0.000000671. The summed E-state index contributed by atoms with van der Waals surface area (Å²) in [6.45, 7) is 1.34. The molecule has 0 aromatic rings. The van der Waals surface area contributed by atoms with E-state index in [2.05, 4.69) is 0 Å². The molecule has 0 aromatic heterocycles. The van der Waals surface area contributed by atoms with E-state index in [9.17, 15) is 26.3 Å². The van der Waals surface area contributed by atoms with Gasteiger partial charge in [-0.25, -0.2) is 8.78 Å². The number of rotatable bonds is 1. The molecule has 0 bridgehead atoms. The predicted molar refractivity (Wildman–Crippen MR) is 35.3 cm³/mol. The second-order valence-corrected chi connectivity index (χ2v) is 2.71. The summed E-state index contributed by atoms with van der Waals surface area (Å²) >= 11 is 0. The third kappa shape index (κ3) is 2.28. The van der Waals surface area contributed by atoms with Crippen LogP contribution in [0.25, 0.3) is 0 Å². The van der Waals surface area contributed by atoms with Crippen LogP contribution in [0.1, 0.15) is 13.3 Å². The molecular formula is C7H10F6. The summed E-state index contributed by atoms with van der Waals surface area (Å²) < 4.78 is 69.1. The van der Waals surface area contributed by atoms with Gasteiger partial charge in [0.05, 0.1) is 7.18 Å². The fraction of sp³-hybridized carbons (Fsp3) is 1.00. The van der Waals surface area contributed by atoms with E-state index in [0.29, 0.717) is 7.18 Å². The molecule has 0 N–H and O–H groups in total. The summed E-state index contributed by atoms with van der Waals surface area (Å²) in [7, 11) is 0.500. The van der Waals surface area contributed by atoms with Gasteiger partial charge in [-0.15, -0.1) is 0 Å². The molecule has 1 aliphatic carbocycles. The Morgan fingerprint density at radius 2 is 1.54 bits per heavy atom. The maximum absolute atomic E-state index is 12.2. The van der Waals surface area contributed by atoms with Crippen molar-refractivity contribution >= 4 is 0 Å². The topological polar surface area (TPSA) is 0 Å². The van der Waals surface area contributed by atoms with Crippen molar-refractivity contribution in [2.45, 2.75) is 25.4 Å². The van der Waals surface area contributed by atoms with Gasteiger partial charge in [-0.2, -0.15) is 13.2 Å². The minimum atomic E-state index is -4.73. The first-order valence-corrected chi connectivity index (χ1v) is 3.64. The SMILES string of the molecule is CCC1C(C(F)(F)F)C1(F)F.CF. The summed E-state index contributed by atoms with van der Waals surface area (Å²) in [6, 6.07) is 0. The molecule has 0 aliphatic heterocycles. The molecule has 1 aliphatic rings. The standard InChI is InChI=1S/C6H7F5.CH3F/c1-2-3-4(5(3,7)8)6(9,10)11;1-2/h3-4H,2H2,1H3;1H3. The van der Waals surface area contributed by atoms with E-state index in [1.165, 1.54) is 6.92 Å². The van der Waals surface area contributed by atoms with Gasteiger partial charge in [0, 0.05) is 5.92 Å². The van der Waals surface area contributed by atoms with Crippen LogP contribution in [0.3, 0.4) is 0 Å². The van der Waals surface area contributed by atoms with Gasteiger partial charge < -0.3 is 0 Å². The lowest BCUT2D eigenvalue weighted by Gasteiger charge is -2.02. The van der Waals surface area contributed by atoms with Gasteiger partial charge >= 0.3 is 6.18 Å². The second kappa shape index (κ2) is 3.75. The Bertz CT molecular complexity index is 161. The number of halogens is 6. The molecule has 2 atom stereocenters. The molecule has 0 spiro atoms. The van der Waals surface area contributed by atoms with Crippen molar-refractivity contribution in [3.8, 4) is 0 Å². The maximum Gasteiger partial charge on any atom is 0.398 e. The van der Waals surface area contributed by atoms with Crippen molar-refractivity contribution in [3.63, 3.8) is 0 Å². The molecule has 0 amide bonds. The highest BCUT2D eigenvalue weighted by molar-refractivity contribution is 5.07. The third-order valence-electron chi connectivity index (χ3n) is 1.99. The van der Waals surface area contributed by atoms with Crippen LogP contribution in [-0.2, 0) is 0 Å². The first-order chi connectivity index (χ1) is 5.81. The van der Waals surface area contributed by atoms with Crippen LogP contribution >= 0.6 is 0 Å². The fourth-order valence-electron chi connectivity index (χ4n) is 1.34. The number of alkyl halides is 6. The van der Waals surface area contributed by atoms with Crippen LogP contribution in [0.2, 0.25) is 0 Å². The average molecular weight is 208 g/mol. The molecule has 6 heteroatoms. The lowest BCUT2D eigenvalue weighted by atomic mass is 10.2. The van der Waals surface area contributed by atoms with Crippen LogP contribution in [-0.4, -0.2) is 19.3 Å². The summed E-state index contributed by atoms with van der Waals surface area (Å²) in [4.78, 5) is 0. The first-order valence-electron chi connectivity index (χ1n) is 3.64. The number of hydrogen-bond donors (Lipinski definition) is 0. The zero-order valence-electron chi connectivity index (χ0n) is 7.13. The van der Waals surface area contributed by atoms with E-state index < -0.39 is 23.9 Å². The molecule has 0 aromatic carbocycles. The average Bonchev–Trinajstić information content (AvgIpc) is 2.56. The molecular weight excluding hydrogens is 198 g/mol. The molecule has 1 rings (SSSR count). The third-order valence-corrected chi connectivity index (χ3v) is 1.99. The largest absolute Gasteiger partial charge is 0.398 e. The van der Waals surface area contributed by atoms with Crippen molar-refractivity contribution in [2.24, 2.45) is 11.8 Å². The van der Waals surface area contributed by atoms with E-state index in [0.717, 1.165) is 0 Å². The Morgan fingerprint density at radius 3 is 1.62 bits per heavy atom. The van der Waals surface area contributed by atoms with Crippen molar-refractivity contribution in [1.29, 1.82) is 0 Å². The Hall–Kier alpha value is -0.420. The monoisotopic (exact) mass is 208 g/mol. The summed E-state index contributed by atoms with van der Waals surface area (Å²) in [6.07, 6.45) is -4.85. The van der Waals surface area contributed by atoms with Gasteiger partial charge in [0.25, 0.3) is 5.92 Å². The van der Waals surface area contributed by atoms with Crippen molar-refractivity contribution in [3.05, 3.63) is 0 Å². The van der Waals surface area contributed by atoms with E-state index in [4.69, 9.17) is 0 Å². The molecule has 2 unspecified atom stereocenters. The highest BCUT2D eigenvalue weighted by atomic mass is 19.4. The molecule has 0 nitrogen and oxygen atoms in total. The first kappa shape index (κ1) is 12.6. The summed E-state index contributed by atoms with van der Waals surface area (Å²) in [5.41, 5.74) is 0. The van der Waals surface area contributed by atoms with Crippen LogP contribution in [0, 0.1) is 11.8 Å². The van der Waals surface area contributed by atoms with Crippen LogP contribution in [0.4, 0.5) is 26.3 Å². The Labute approximate surface area is 71.9 Å². The summed E-state index contributed by atoms with van der Waals surface area (Å²) in [5, 5.41) is 0. The van der Waals surface area contributed by atoms with Crippen molar-refractivity contribution in [1.82, 2.24) is 0 Å². The second-order valence-electron chi connectivity index (χ2n) is 2.71. The van der Waals surface area contributed by atoms with Gasteiger partial charge in [0.2, 0.25) is 0 Å². The zero-order valence-corrected chi connectivity index (χ0v) is 7.13. The highest BCUT2D eigenvalue weighted by Crippen LogP contribution is 2.63. The quantitative estimate of drug-likeness (QED) is 0.579. The van der Waals surface area contributed by atoms with Gasteiger partial charge in [0.1, 0.15) is 5.92 Å². The lowest BCUT2D eigenvalue weighted by Crippen LogP contribution is -2.15. The molecule has 1 fully saturated rings. The van der Waals surface area contributed by atoms with Crippen molar-refractivity contribution in [2.75, 3.05) is 7.18 Å². The lowest BCUT2D eigenvalue weighted by molar-refractivity contribution is -0.168. The van der Waals surface area contributed by atoms with Gasteiger partial charge in [-0.3, -0.25) is 4.39 Å². The van der Waals surface area contributed by atoms with Crippen LogP contribution in [0.5, 0.6) is 0 Å². The van der Waals surface area contributed by atoms with E-state index >= 15 is 0 Å². The smallest absolute Gasteiger partial charge is 0.255 e. The van der Waals surface area contributed by atoms with Crippen molar-refractivity contribution < 1.29 is 26.3 Å². The molecule has 13 heavy (non-hydrogen) atoms. The zero-order chi connectivity index (χ0) is 10.9. The van der Waals surface area contributed by atoms with Gasteiger partial charge in [-0.05, 0) is 6.42 Å². The molecule has 80 valence electrons. The number of hydrogen-bond acceptors (Lipinski definition) is 0. The molecule has 0 saturated heterocycles. The van der Waals surface area contributed by atoms with E-state index in [-0.39, 0.29) is 6.42 Å². The maximum atomic E-state index is 12.2. The molecule has 0 radical (unpaired) electrons. The van der Waals surface area contributed by atoms with E-state index in [1.54, 1.807) is 0 Å². The highest BCUT2D eigenvalue weighted by Gasteiger charge is 2.77. The Kier molecular flexibility index (Phi) is 3.63. The van der Waals surface area contributed by atoms with E-state index in [1.807, 2.05) is 0 Å². The molecule has 0 heterocycles. The minimum Gasteiger partial charge on any atom is -0.255 e. The fourth-order valence-corrected chi connectivity index (χ4v) is 1.34. The van der Waals surface area contributed by atoms with Crippen LogP contribution in [0.15, 0.2) is 0 Å². The molecule has 1 saturated carbocycles. The predicted octanol–water partition coefficient (Wildman–Crippen LogP) is 3.43.